The second-order valence-corrected chi connectivity index (χ2v) is 9.10. The molecule has 0 aliphatic carbocycles. The molecular formula is C25H35N5O. The van der Waals surface area contributed by atoms with Gasteiger partial charge in [0.1, 0.15) is 0 Å². The molecule has 6 nitrogen and oxygen atoms in total. The van der Waals surface area contributed by atoms with Gasteiger partial charge in [-0.25, -0.2) is 0 Å². The summed E-state index contributed by atoms with van der Waals surface area (Å²) in [7, 11) is 4.09. The number of nitrogens with one attached hydrogen (secondary N) is 2. The van der Waals surface area contributed by atoms with Crippen LogP contribution in [0.5, 0.6) is 0 Å². The van der Waals surface area contributed by atoms with Crippen molar-refractivity contribution in [3.63, 3.8) is 0 Å². The number of anilines is 1. The van der Waals surface area contributed by atoms with E-state index < -0.39 is 0 Å². The average molecular weight is 422 g/mol. The zero-order chi connectivity index (χ0) is 21.8. The molecule has 0 spiro atoms. The monoisotopic (exact) mass is 421 g/mol. The molecule has 6 heteroatoms. The highest BCUT2D eigenvalue weighted by atomic mass is 16.2. The van der Waals surface area contributed by atoms with Crippen molar-refractivity contribution < 1.29 is 4.79 Å². The number of benzene rings is 1. The van der Waals surface area contributed by atoms with E-state index in [9.17, 15) is 4.79 Å². The summed E-state index contributed by atoms with van der Waals surface area (Å²) in [5.74, 6) is 0.625. The Balaban J connectivity index is 1.44. The smallest absolute Gasteiger partial charge is 0.223 e. The minimum absolute atomic E-state index is 0.227. The van der Waals surface area contributed by atoms with Crippen LogP contribution in [0.25, 0.3) is 0 Å². The van der Waals surface area contributed by atoms with Gasteiger partial charge in [0.25, 0.3) is 0 Å². The summed E-state index contributed by atoms with van der Waals surface area (Å²) >= 11 is 0. The second-order valence-electron chi connectivity index (χ2n) is 9.10. The SMILES string of the molecule is Cc1cnccc1C1CNNC1C1CCCCN1C(=O)CCc1ccc(N(C)C)cc1. The minimum Gasteiger partial charge on any atom is -0.378 e. The number of amides is 1. The summed E-state index contributed by atoms with van der Waals surface area (Å²) in [5, 5.41) is 0. The molecule has 1 amide bonds. The molecule has 0 radical (unpaired) electrons. The van der Waals surface area contributed by atoms with Crippen LogP contribution in [0, 0.1) is 6.92 Å². The number of rotatable bonds is 6. The van der Waals surface area contributed by atoms with Crippen LogP contribution in [0.3, 0.4) is 0 Å². The number of carbonyl (C=O) groups is 1. The van der Waals surface area contributed by atoms with E-state index in [4.69, 9.17) is 0 Å². The molecule has 3 unspecified atom stereocenters. The van der Waals surface area contributed by atoms with Crippen molar-refractivity contribution in [3.05, 3.63) is 59.4 Å². The molecular weight excluding hydrogens is 386 g/mol. The molecule has 1 aromatic heterocycles. The summed E-state index contributed by atoms with van der Waals surface area (Å²) in [5.41, 5.74) is 11.8. The van der Waals surface area contributed by atoms with Gasteiger partial charge in [0.05, 0.1) is 0 Å². The van der Waals surface area contributed by atoms with Crippen molar-refractivity contribution in [1.29, 1.82) is 0 Å². The highest BCUT2D eigenvalue weighted by Gasteiger charge is 2.40. The first kappa shape index (κ1) is 21.8. The van der Waals surface area contributed by atoms with Crippen molar-refractivity contribution in [2.75, 3.05) is 32.1 Å². The second kappa shape index (κ2) is 9.79. The maximum absolute atomic E-state index is 13.3. The van der Waals surface area contributed by atoms with Crippen LogP contribution >= 0.6 is 0 Å². The summed E-state index contributed by atoms with van der Waals surface area (Å²) in [6, 6.07) is 11.1. The number of hydrazine groups is 1. The number of carbonyl (C=O) groups excluding carboxylic acids is 1. The van der Waals surface area contributed by atoms with Gasteiger partial charge in [0.2, 0.25) is 5.91 Å². The zero-order valence-electron chi connectivity index (χ0n) is 19.0. The zero-order valence-corrected chi connectivity index (χ0v) is 19.0. The van der Waals surface area contributed by atoms with E-state index in [1.165, 1.54) is 28.8 Å². The lowest BCUT2D eigenvalue weighted by Gasteiger charge is -2.41. The molecule has 2 N–H and O–H groups in total. The third-order valence-corrected chi connectivity index (χ3v) is 6.85. The molecule has 4 rings (SSSR count). The topological polar surface area (TPSA) is 60.5 Å². The molecule has 2 saturated heterocycles. The summed E-state index contributed by atoms with van der Waals surface area (Å²) < 4.78 is 0. The van der Waals surface area contributed by atoms with Gasteiger partial charge in [-0.15, -0.1) is 0 Å². The number of likely N-dealkylation sites (tertiary alicyclic amines) is 1. The molecule has 1 aromatic carbocycles. The maximum Gasteiger partial charge on any atom is 0.223 e. The van der Waals surface area contributed by atoms with Crippen LogP contribution in [-0.2, 0) is 11.2 Å². The summed E-state index contributed by atoms with van der Waals surface area (Å²) in [6.07, 6.45) is 8.51. The van der Waals surface area contributed by atoms with Gasteiger partial charge in [-0.3, -0.25) is 20.6 Å². The number of hydrogen-bond donors (Lipinski definition) is 2. The standard InChI is InChI=1S/C25H35N5O/c1-18-16-26-14-13-21(18)22-17-27-28-25(22)23-6-4-5-15-30(23)24(31)12-9-19-7-10-20(11-8-19)29(2)3/h7-8,10-11,13-14,16,22-23,25,27-28H,4-6,9,12,15,17H2,1-3H3. The molecule has 2 fully saturated rings. The first-order valence-corrected chi connectivity index (χ1v) is 11.5. The van der Waals surface area contributed by atoms with Crippen molar-refractivity contribution in [2.24, 2.45) is 0 Å². The average Bonchev–Trinajstić information content (AvgIpc) is 3.27. The Morgan fingerprint density at radius 2 is 2.00 bits per heavy atom. The number of aryl methyl sites for hydroxylation is 2. The molecule has 3 heterocycles. The van der Waals surface area contributed by atoms with Crippen LogP contribution in [0.2, 0.25) is 0 Å². The van der Waals surface area contributed by atoms with Gasteiger partial charge < -0.3 is 9.80 Å². The predicted molar refractivity (Wildman–Crippen MR) is 125 cm³/mol. The van der Waals surface area contributed by atoms with E-state index >= 15 is 0 Å². The highest BCUT2D eigenvalue weighted by Crippen LogP contribution is 2.32. The van der Waals surface area contributed by atoms with E-state index in [0.29, 0.717) is 12.3 Å². The van der Waals surface area contributed by atoms with Crippen LogP contribution in [0.1, 0.15) is 48.3 Å². The fourth-order valence-electron chi connectivity index (χ4n) is 5.08. The molecule has 2 aromatic rings. The van der Waals surface area contributed by atoms with Gasteiger partial charge in [0.15, 0.2) is 0 Å². The molecule has 2 aliphatic heterocycles. The molecule has 31 heavy (non-hydrogen) atoms. The number of nitrogens with zero attached hydrogens (tertiary/aromatic N) is 3. The van der Waals surface area contributed by atoms with Crippen LogP contribution in [0.15, 0.2) is 42.7 Å². The lowest BCUT2D eigenvalue weighted by Crippen LogP contribution is -2.55. The van der Waals surface area contributed by atoms with E-state index in [1.54, 1.807) is 0 Å². The summed E-state index contributed by atoms with van der Waals surface area (Å²) in [4.78, 5) is 21.8. The fraction of sp³-hybridized carbons (Fsp3) is 0.520. The van der Waals surface area contributed by atoms with E-state index in [1.807, 2.05) is 26.5 Å². The van der Waals surface area contributed by atoms with Crippen molar-refractivity contribution in [3.8, 4) is 0 Å². The van der Waals surface area contributed by atoms with Crippen LogP contribution in [-0.4, -0.2) is 55.1 Å². The Morgan fingerprint density at radius 1 is 1.19 bits per heavy atom. The maximum atomic E-state index is 13.3. The van der Waals surface area contributed by atoms with Gasteiger partial charge in [0, 0.05) is 69.7 Å². The Labute approximate surface area is 186 Å². The van der Waals surface area contributed by atoms with Gasteiger partial charge in [-0.1, -0.05) is 12.1 Å². The quantitative estimate of drug-likeness (QED) is 0.751. The Hall–Kier alpha value is -2.44. The van der Waals surface area contributed by atoms with E-state index in [-0.39, 0.29) is 18.0 Å². The van der Waals surface area contributed by atoms with Gasteiger partial charge in [-0.2, -0.15) is 0 Å². The van der Waals surface area contributed by atoms with Gasteiger partial charge in [-0.05, 0) is 67.5 Å². The van der Waals surface area contributed by atoms with E-state index in [0.717, 1.165) is 32.4 Å². The number of hydrogen-bond acceptors (Lipinski definition) is 5. The van der Waals surface area contributed by atoms with Gasteiger partial charge >= 0.3 is 0 Å². The lowest BCUT2D eigenvalue weighted by atomic mass is 9.83. The predicted octanol–water partition coefficient (Wildman–Crippen LogP) is 3.03. The Kier molecular flexibility index (Phi) is 6.88. The number of pyridine rings is 1. The van der Waals surface area contributed by atoms with Crippen LogP contribution in [0.4, 0.5) is 5.69 Å². The van der Waals surface area contributed by atoms with Crippen molar-refractivity contribution in [1.82, 2.24) is 20.7 Å². The van der Waals surface area contributed by atoms with E-state index in [2.05, 4.69) is 62.9 Å². The van der Waals surface area contributed by atoms with Crippen molar-refractivity contribution in [2.45, 2.75) is 57.0 Å². The molecule has 0 bridgehead atoms. The fourth-order valence-corrected chi connectivity index (χ4v) is 5.08. The van der Waals surface area contributed by atoms with Crippen molar-refractivity contribution >= 4 is 11.6 Å². The number of piperidine rings is 1. The highest BCUT2D eigenvalue weighted by molar-refractivity contribution is 5.77. The first-order valence-electron chi connectivity index (χ1n) is 11.5. The third-order valence-electron chi connectivity index (χ3n) is 6.85. The Morgan fingerprint density at radius 3 is 2.74 bits per heavy atom. The first-order chi connectivity index (χ1) is 15.0. The lowest BCUT2D eigenvalue weighted by molar-refractivity contribution is -0.135. The molecule has 3 atom stereocenters. The summed E-state index contributed by atoms with van der Waals surface area (Å²) in [6.45, 7) is 3.87. The molecule has 2 aliphatic rings. The largest absolute Gasteiger partial charge is 0.378 e. The number of aromatic nitrogens is 1. The van der Waals surface area contributed by atoms with Crippen LogP contribution < -0.4 is 15.8 Å². The molecule has 0 saturated carbocycles. The normalized spacial score (nSPS) is 23.7. The minimum atomic E-state index is 0.227. The Bertz CT molecular complexity index is 882. The molecule has 166 valence electrons. The third kappa shape index (κ3) is 4.91.